The fourth-order valence-corrected chi connectivity index (χ4v) is 4.10. The van der Waals surface area contributed by atoms with Crippen molar-refractivity contribution in [3.63, 3.8) is 0 Å². The fraction of sp³-hybridized carbons (Fsp3) is 0.348. The maximum absolute atomic E-state index is 13.6. The number of aromatic nitrogens is 2. The van der Waals surface area contributed by atoms with E-state index in [-0.39, 0.29) is 12.4 Å². The number of piperidine rings is 1. The predicted molar refractivity (Wildman–Crippen MR) is 115 cm³/mol. The number of nitrogens with zero attached hydrogens (tertiary/aromatic N) is 3. The maximum Gasteiger partial charge on any atom is 0.337 e. The Hall–Kier alpha value is -3.55. The van der Waals surface area contributed by atoms with Gasteiger partial charge in [-0.2, -0.15) is 0 Å². The smallest absolute Gasteiger partial charge is 0.337 e. The molecule has 3 heterocycles. The standard InChI is InChI=1S/C23H23N3O5/c1-14-7-9-25(10-8-14)23-24-18-11-15(22(28)29-2)3-5-17(18)21(27)26(23)16-4-6-19-20(12-16)31-13-30-19/h3-6,11-12,14H,7-10,13H2,1-2H3. The van der Waals surface area contributed by atoms with Crippen molar-refractivity contribution in [1.29, 1.82) is 0 Å². The number of rotatable bonds is 3. The lowest BCUT2D eigenvalue weighted by molar-refractivity contribution is 0.0601. The molecule has 3 aromatic rings. The minimum atomic E-state index is -0.461. The van der Waals surface area contributed by atoms with E-state index in [2.05, 4.69) is 11.8 Å². The molecule has 1 saturated heterocycles. The molecule has 31 heavy (non-hydrogen) atoms. The third kappa shape index (κ3) is 3.37. The molecule has 0 saturated carbocycles. The average Bonchev–Trinajstić information content (AvgIpc) is 3.26. The van der Waals surface area contributed by atoms with E-state index in [1.54, 1.807) is 34.9 Å². The van der Waals surface area contributed by atoms with Crippen LogP contribution in [0.25, 0.3) is 16.6 Å². The van der Waals surface area contributed by atoms with Gasteiger partial charge in [0.05, 0.1) is 29.3 Å². The highest BCUT2D eigenvalue weighted by molar-refractivity contribution is 5.94. The Morgan fingerprint density at radius 2 is 1.87 bits per heavy atom. The molecule has 0 aliphatic carbocycles. The minimum absolute atomic E-state index is 0.164. The zero-order valence-corrected chi connectivity index (χ0v) is 17.5. The second-order valence-corrected chi connectivity index (χ2v) is 7.98. The van der Waals surface area contributed by atoms with Crippen molar-refractivity contribution in [3.05, 3.63) is 52.3 Å². The third-order valence-electron chi connectivity index (χ3n) is 5.95. The van der Waals surface area contributed by atoms with Crippen LogP contribution in [0.3, 0.4) is 0 Å². The largest absolute Gasteiger partial charge is 0.465 e. The van der Waals surface area contributed by atoms with Gasteiger partial charge in [-0.25, -0.2) is 14.3 Å². The predicted octanol–water partition coefficient (Wildman–Crippen LogP) is 3.14. The summed E-state index contributed by atoms with van der Waals surface area (Å²) in [6.45, 7) is 4.01. The number of methoxy groups -OCH3 is 1. The van der Waals surface area contributed by atoms with Gasteiger partial charge in [0, 0.05) is 19.2 Å². The van der Waals surface area contributed by atoms with Crippen LogP contribution in [0, 0.1) is 5.92 Å². The van der Waals surface area contributed by atoms with Crippen molar-refractivity contribution in [1.82, 2.24) is 9.55 Å². The van der Waals surface area contributed by atoms with E-state index in [4.69, 9.17) is 19.2 Å². The molecule has 2 aromatic carbocycles. The summed E-state index contributed by atoms with van der Waals surface area (Å²) in [7, 11) is 1.33. The van der Waals surface area contributed by atoms with Gasteiger partial charge in [-0.05, 0) is 49.1 Å². The normalized spacial score (nSPS) is 16.0. The first-order chi connectivity index (χ1) is 15.0. The number of anilines is 1. The molecule has 0 N–H and O–H groups in total. The molecule has 0 radical (unpaired) electrons. The second kappa shape index (κ2) is 7.61. The summed E-state index contributed by atoms with van der Waals surface area (Å²) in [5.41, 5.74) is 1.29. The molecule has 2 aliphatic rings. The molecular weight excluding hydrogens is 398 g/mol. The van der Waals surface area contributed by atoms with Gasteiger partial charge in [-0.3, -0.25) is 4.79 Å². The number of ether oxygens (including phenoxy) is 3. The van der Waals surface area contributed by atoms with Crippen LogP contribution in [0.5, 0.6) is 11.5 Å². The highest BCUT2D eigenvalue weighted by Crippen LogP contribution is 2.34. The number of benzene rings is 2. The first kappa shape index (κ1) is 19.4. The van der Waals surface area contributed by atoms with Crippen molar-refractivity contribution in [3.8, 4) is 17.2 Å². The van der Waals surface area contributed by atoms with Crippen LogP contribution in [0.1, 0.15) is 30.1 Å². The molecule has 8 heteroatoms. The number of hydrogen-bond acceptors (Lipinski definition) is 7. The molecule has 0 atom stereocenters. The fourth-order valence-electron chi connectivity index (χ4n) is 4.10. The average molecular weight is 421 g/mol. The molecule has 8 nitrogen and oxygen atoms in total. The number of carbonyl (C=O) groups is 1. The Kier molecular flexibility index (Phi) is 4.77. The summed E-state index contributed by atoms with van der Waals surface area (Å²) in [6, 6.07) is 10.3. The Labute approximate surface area is 179 Å². The lowest BCUT2D eigenvalue weighted by Gasteiger charge is -2.32. The molecule has 0 bridgehead atoms. The summed E-state index contributed by atoms with van der Waals surface area (Å²) in [4.78, 5) is 32.6. The van der Waals surface area contributed by atoms with Crippen molar-refractivity contribution in [2.45, 2.75) is 19.8 Å². The molecule has 0 amide bonds. The van der Waals surface area contributed by atoms with Crippen molar-refractivity contribution in [2.75, 3.05) is 31.9 Å². The number of carbonyl (C=O) groups excluding carboxylic acids is 1. The van der Waals surface area contributed by atoms with Crippen LogP contribution in [-0.4, -0.2) is 42.5 Å². The summed E-state index contributed by atoms with van der Waals surface area (Å²) in [5.74, 6) is 1.99. The minimum Gasteiger partial charge on any atom is -0.465 e. The van der Waals surface area contributed by atoms with Gasteiger partial charge in [0.1, 0.15) is 0 Å². The first-order valence-electron chi connectivity index (χ1n) is 10.4. The van der Waals surface area contributed by atoms with Crippen LogP contribution < -0.4 is 19.9 Å². The molecule has 2 aliphatic heterocycles. The Morgan fingerprint density at radius 3 is 2.65 bits per heavy atom. The van der Waals surface area contributed by atoms with E-state index >= 15 is 0 Å². The zero-order chi connectivity index (χ0) is 21.5. The molecular formula is C23H23N3O5. The number of esters is 1. The number of hydrogen-bond donors (Lipinski definition) is 0. The van der Waals surface area contributed by atoms with Gasteiger partial charge < -0.3 is 19.1 Å². The molecule has 0 spiro atoms. The lowest BCUT2D eigenvalue weighted by atomic mass is 9.99. The molecule has 1 fully saturated rings. The van der Waals surface area contributed by atoms with E-state index in [1.807, 2.05) is 6.07 Å². The van der Waals surface area contributed by atoms with E-state index in [0.717, 1.165) is 25.9 Å². The third-order valence-corrected chi connectivity index (χ3v) is 5.95. The van der Waals surface area contributed by atoms with Crippen LogP contribution in [0.15, 0.2) is 41.2 Å². The van der Waals surface area contributed by atoms with E-state index < -0.39 is 5.97 Å². The van der Waals surface area contributed by atoms with Crippen molar-refractivity contribution in [2.24, 2.45) is 5.92 Å². The first-order valence-corrected chi connectivity index (χ1v) is 10.4. The molecule has 1 aromatic heterocycles. The van der Waals surface area contributed by atoms with Gasteiger partial charge in [-0.1, -0.05) is 6.92 Å². The zero-order valence-electron chi connectivity index (χ0n) is 17.5. The van der Waals surface area contributed by atoms with Crippen molar-refractivity contribution >= 4 is 22.8 Å². The molecule has 160 valence electrons. The monoisotopic (exact) mass is 421 g/mol. The Balaban J connectivity index is 1.72. The quantitative estimate of drug-likeness (QED) is 0.601. The van der Waals surface area contributed by atoms with Gasteiger partial charge in [0.15, 0.2) is 11.5 Å². The van der Waals surface area contributed by atoms with E-state index in [9.17, 15) is 9.59 Å². The lowest BCUT2D eigenvalue weighted by Crippen LogP contribution is -2.38. The summed E-state index contributed by atoms with van der Waals surface area (Å²) < 4.78 is 17.4. The van der Waals surface area contributed by atoms with Gasteiger partial charge in [0.2, 0.25) is 12.7 Å². The second-order valence-electron chi connectivity index (χ2n) is 7.98. The molecule has 5 rings (SSSR count). The van der Waals surface area contributed by atoms with Crippen LogP contribution in [-0.2, 0) is 4.74 Å². The van der Waals surface area contributed by atoms with Gasteiger partial charge in [0.25, 0.3) is 5.56 Å². The van der Waals surface area contributed by atoms with Crippen molar-refractivity contribution < 1.29 is 19.0 Å². The van der Waals surface area contributed by atoms with Crippen LogP contribution >= 0.6 is 0 Å². The maximum atomic E-state index is 13.6. The Bertz CT molecular complexity index is 1230. The Morgan fingerprint density at radius 1 is 1.10 bits per heavy atom. The van der Waals surface area contributed by atoms with Crippen LogP contribution in [0.4, 0.5) is 5.95 Å². The molecule has 0 unspecified atom stereocenters. The summed E-state index contributed by atoms with van der Waals surface area (Å²) in [6.07, 6.45) is 2.05. The number of fused-ring (bicyclic) bond motifs is 2. The topological polar surface area (TPSA) is 82.9 Å². The summed E-state index contributed by atoms with van der Waals surface area (Å²) in [5, 5.41) is 0.430. The highest BCUT2D eigenvalue weighted by Gasteiger charge is 2.24. The van der Waals surface area contributed by atoms with Crippen LogP contribution in [0.2, 0.25) is 0 Å². The summed E-state index contributed by atoms with van der Waals surface area (Å²) >= 11 is 0. The van der Waals surface area contributed by atoms with Gasteiger partial charge >= 0.3 is 5.97 Å². The highest BCUT2D eigenvalue weighted by atomic mass is 16.7. The van der Waals surface area contributed by atoms with E-state index in [1.165, 1.54) is 7.11 Å². The van der Waals surface area contributed by atoms with Gasteiger partial charge in [-0.15, -0.1) is 0 Å². The SMILES string of the molecule is COC(=O)c1ccc2c(=O)n(-c3ccc4c(c3)OCO4)c(N3CCC(C)CC3)nc2c1. The van der Waals surface area contributed by atoms with E-state index in [0.29, 0.717) is 45.5 Å².